The second-order valence-electron chi connectivity index (χ2n) is 6.55. The van der Waals surface area contributed by atoms with Crippen LogP contribution >= 0.6 is 0 Å². The average Bonchev–Trinajstić information content (AvgIpc) is 2.69. The lowest BCUT2D eigenvalue weighted by Gasteiger charge is -2.13. The van der Waals surface area contributed by atoms with E-state index in [0.717, 1.165) is 11.1 Å². The van der Waals surface area contributed by atoms with Gasteiger partial charge in [0, 0.05) is 13.1 Å². The monoisotopic (exact) mass is 397 g/mol. The molecule has 0 radical (unpaired) electrons. The van der Waals surface area contributed by atoms with Crippen molar-refractivity contribution in [3.05, 3.63) is 95.6 Å². The summed E-state index contributed by atoms with van der Waals surface area (Å²) in [4.78, 5) is 0.104. The number of benzene rings is 3. The van der Waals surface area contributed by atoms with E-state index in [4.69, 9.17) is 4.18 Å². The largest absolute Gasteiger partial charge is 0.387 e. The first-order valence-electron chi connectivity index (χ1n) is 8.98. The van der Waals surface area contributed by atoms with Crippen LogP contribution in [0.4, 0.5) is 0 Å². The zero-order valence-electron chi connectivity index (χ0n) is 15.6. The lowest BCUT2D eigenvalue weighted by Crippen LogP contribution is -2.21. The highest BCUT2D eigenvalue weighted by Crippen LogP contribution is 2.22. The zero-order valence-corrected chi connectivity index (χ0v) is 16.4. The molecule has 28 heavy (non-hydrogen) atoms. The van der Waals surface area contributed by atoms with E-state index in [0.29, 0.717) is 18.7 Å². The molecule has 0 amide bonds. The summed E-state index contributed by atoms with van der Waals surface area (Å²) in [5, 5.41) is 13.5. The van der Waals surface area contributed by atoms with Gasteiger partial charge in [0.1, 0.15) is 10.6 Å². The molecular weight excluding hydrogens is 374 g/mol. The molecule has 3 rings (SSSR count). The number of aliphatic hydroxyl groups excluding tert-OH is 1. The van der Waals surface area contributed by atoms with Gasteiger partial charge in [-0.3, -0.25) is 0 Å². The zero-order chi connectivity index (χ0) is 20.0. The maximum absolute atomic E-state index is 12.3. The number of nitrogens with one attached hydrogen (secondary N) is 1. The molecule has 0 saturated carbocycles. The van der Waals surface area contributed by atoms with Crippen LogP contribution in [-0.2, 0) is 16.7 Å². The lowest BCUT2D eigenvalue weighted by molar-refractivity contribution is 0.174. The smallest absolute Gasteiger partial charge is 0.339 e. The van der Waals surface area contributed by atoms with Gasteiger partial charge in [0.05, 0.1) is 6.10 Å². The van der Waals surface area contributed by atoms with Crippen LogP contribution in [0, 0.1) is 6.92 Å². The van der Waals surface area contributed by atoms with Crippen LogP contribution in [0.25, 0.3) is 0 Å². The van der Waals surface area contributed by atoms with E-state index in [1.54, 1.807) is 36.4 Å². The van der Waals surface area contributed by atoms with E-state index in [-0.39, 0.29) is 10.6 Å². The Hall–Kier alpha value is -2.67. The van der Waals surface area contributed by atoms with Gasteiger partial charge in [0.2, 0.25) is 0 Å². The molecule has 0 aliphatic heterocycles. The minimum absolute atomic E-state index is 0.104. The second kappa shape index (κ2) is 9.01. The van der Waals surface area contributed by atoms with E-state index in [2.05, 4.69) is 5.32 Å². The summed E-state index contributed by atoms with van der Waals surface area (Å²) >= 11 is 0. The van der Waals surface area contributed by atoms with E-state index >= 15 is 0 Å². The standard InChI is InChI=1S/C22H23NO4S/c1-17-7-13-21(14-8-17)28(25,26)27-20-11-9-19(10-12-20)22(24)16-23-15-18-5-3-2-4-6-18/h2-14,22-24H,15-16H2,1H3/t22-/m1/s1. The highest BCUT2D eigenvalue weighted by Gasteiger charge is 2.16. The number of hydrogen-bond donors (Lipinski definition) is 2. The Morgan fingerprint density at radius 1 is 0.929 bits per heavy atom. The minimum atomic E-state index is -3.88. The fourth-order valence-electron chi connectivity index (χ4n) is 2.69. The van der Waals surface area contributed by atoms with Gasteiger partial charge in [0.25, 0.3) is 0 Å². The molecule has 0 aliphatic carbocycles. The Morgan fingerprint density at radius 2 is 1.57 bits per heavy atom. The first-order valence-corrected chi connectivity index (χ1v) is 10.4. The molecule has 0 unspecified atom stereocenters. The van der Waals surface area contributed by atoms with E-state index < -0.39 is 16.2 Å². The van der Waals surface area contributed by atoms with E-state index in [1.165, 1.54) is 12.1 Å². The van der Waals surface area contributed by atoms with Gasteiger partial charge < -0.3 is 14.6 Å². The van der Waals surface area contributed by atoms with Crippen LogP contribution in [0.15, 0.2) is 83.8 Å². The van der Waals surface area contributed by atoms with Gasteiger partial charge in [-0.15, -0.1) is 0 Å². The van der Waals surface area contributed by atoms with Crippen molar-refractivity contribution in [2.24, 2.45) is 0 Å². The summed E-state index contributed by atoms with van der Waals surface area (Å²) in [5.41, 5.74) is 2.79. The first kappa shape index (κ1) is 20.1. The predicted octanol–water partition coefficient (Wildman–Crippen LogP) is 3.59. The molecule has 0 saturated heterocycles. The molecule has 146 valence electrons. The van der Waals surface area contributed by atoms with Gasteiger partial charge >= 0.3 is 10.1 Å². The van der Waals surface area contributed by atoms with Gasteiger partial charge in [-0.1, -0.05) is 60.2 Å². The molecular formula is C22H23NO4S. The molecule has 0 fully saturated rings. The van der Waals surface area contributed by atoms with Crippen molar-refractivity contribution in [2.75, 3.05) is 6.54 Å². The van der Waals surface area contributed by atoms with Crippen LogP contribution in [0.1, 0.15) is 22.8 Å². The maximum atomic E-state index is 12.3. The Balaban J connectivity index is 1.57. The molecule has 6 heteroatoms. The topological polar surface area (TPSA) is 75.6 Å². The molecule has 5 nitrogen and oxygen atoms in total. The molecule has 2 N–H and O–H groups in total. The van der Waals surface area contributed by atoms with Gasteiger partial charge in [-0.25, -0.2) is 0 Å². The van der Waals surface area contributed by atoms with E-state index in [9.17, 15) is 13.5 Å². The van der Waals surface area contributed by atoms with Crippen molar-refractivity contribution in [3.63, 3.8) is 0 Å². The summed E-state index contributed by atoms with van der Waals surface area (Å²) in [6.45, 7) is 2.93. The molecule has 3 aromatic rings. The van der Waals surface area contributed by atoms with Crippen LogP contribution < -0.4 is 9.50 Å². The second-order valence-corrected chi connectivity index (χ2v) is 8.10. The fourth-order valence-corrected chi connectivity index (χ4v) is 3.62. The summed E-state index contributed by atoms with van der Waals surface area (Å²) in [7, 11) is -3.88. The molecule has 0 spiro atoms. The van der Waals surface area contributed by atoms with Gasteiger partial charge in [-0.2, -0.15) is 8.42 Å². The Kier molecular flexibility index (Phi) is 6.46. The lowest BCUT2D eigenvalue weighted by atomic mass is 10.1. The summed E-state index contributed by atoms with van der Waals surface area (Å²) in [6, 6.07) is 22.8. The molecule has 0 aliphatic rings. The van der Waals surface area contributed by atoms with Crippen LogP contribution in [-0.4, -0.2) is 20.1 Å². The summed E-state index contributed by atoms with van der Waals surface area (Å²) in [5.74, 6) is 0.203. The highest BCUT2D eigenvalue weighted by molar-refractivity contribution is 7.87. The minimum Gasteiger partial charge on any atom is -0.387 e. The van der Waals surface area contributed by atoms with Crippen LogP contribution in [0.5, 0.6) is 5.75 Å². The summed E-state index contributed by atoms with van der Waals surface area (Å²) < 4.78 is 29.8. The predicted molar refractivity (Wildman–Crippen MR) is 109 cm³/mol. The molecule has 0 aromatic heterocycles. The van der Waals surface area contributed by atoms with Crippen LogP contribution in [0.3, 0.4) is 0 Å². The number of hydrogen-bond acceptors (Lipinski definition) is 5. The number of aryl methyl sites for hydroxylation is 1. The molecule has 0 heterocycles. The SMILES string of the molecule is Cc1ccc(S(=O)(=O)Oc2ccc([C@H](O)CNCc3ccccc3)cc2)cc1. The Bertz CT molecular complexity index is 985. The van der Waals surface area contributed by atoms with Gasteiger partial charge in [-0.05, 0) is 42.3 Å². The third-order valence-corrected chi connectivity index (χ3v) is 5.55. The van der Waals surface area contributed by atoms with Crippen molar-refractivity contribution in [3.8, 4) is 5.75 Å². The Morgan fingerprint density at radius 3 is 2.21 bits per heavy atom. The third-order valence-electron chi connectivity index (χ3n) is 4.29. The maximum Gasteiger partial charge on any atom is 0.339 e. The Labute approximate surface area is 165 Å². The van der Waals surface area contributed by atoms with Crippen molar-refractivity contribution in [2.45, 2.75) is 24.5 Å². The van der Waals surface area contributed by atoms with Crippen molar-refractivity contribution in [1.82, 2.24) is 5.32 Å². The average molecular weight is 397 g/mol. The van der Waals surface area contributed by atoms with Gasteiger partial charge in [0.15, 0.2) is 0 Å². The van der Waals surface area contributed by atoms with Crippen molar-refractivity contribution < 1.29 is 17.7 Å². The highest BCUT2D eigenvalue weighted by atomic mass is 32.2. The quantitative estimate of drug-likeness (QED) is 0.568. The van der Waals surface area contributed by atoms with Crippen molar-refractivity contribution >= 4 is 10.1 Å². The first-order chi connectivity index (χ1) is 13.4. The van der Waals surface area contributed by atoms with E-state index in [1.807, 2.05) is 37.3 Å². The number of aliphatic hydroxyl groups is 1. The third kappa shape index (κ3) is 5.42. The van der Waals surface area contributed by atoms with Crippen molar-refractivity contribution in [1.29, 1.82) is 0 Å². The number of rotatable bonds is 8. The summed E-state index contributed by atoms with van der Waals surface area (Å²) in [6.07, 6.45) is -0.702. The normalized spacial score (nSPS) is 12.5. The molecule has 0 bridgehead atoms. The molecule has 3 aromatic carbocycles. The fraction of sp³-hybridized carbons (Fsp3) is 0.182. The molecule has 1 atom stereocenters. The van der Waals surface area contributed by atoms with Crippen LogP contribution in [0.2, 0.25) is 0 Å².